The number of hydrogen-bond donors (Lipinski definition) is 1. The molecule has 2 atom stereocenters. The van der Waals surface area contributed by atoms with Crippen molar-refractivity contribution in [3.8, 4) is 12.1 Å². The lowest BCUT2D eigenvalue weighted by atomic mass is 9.75. The fourth-order valence-electron chi connectivity index (χ4n) is 2.57. The van der Waals surface area contributed by atoms with E-state index in [4.69, 9.17) is 16.3 Å². The van der Waals surface area contributed by atoms with Crippen molar-refractivity contribution in [2.24, 2.45) is 17.6 Å². The van der Waals surface area contributed by atoms with Crippen LogP contribution < -0.4 is 5.73 Å². The van der Waals surface area contributed by atoms with Gasteiger partial charge in [-0.25, -0.2) is 0 Å². The first-order valence-electron chi connectivity index (χ1n) is 5.90. The molecule has 0 aliphatic heterocycles. The number of nitrogens with two attached hydrogens (primary N) is 1. The van der Waals surface area contributed by atoms with Crippen molar-refractivity contribution in [3.63, 3.8) is 0 Å². The van der Waals surface area contributed by atoms with Crippen LogP contribution in [0.5, 0.6) is 0 Å². The summed E-state index contributed by atoms with van der Waals surface area (Å²) in [6, 6.07) is 4.32. The molecule has 0 heterocycles. The second kappa shape index (κ2) is 4.89. The molecule has 86 valence electrons. The SMILES string of the molecule is N#CC1=C(C#N)CC(C2C=CC(N)=CC2)CC1. The zero-order chi connectivity index (χ0) is 12.3. The molecule has 2 N–H and O–H groups in total. The minimum absolute atomic E-state index is 0.464. The second-order valence-corrected chi connectivity index (χ2v) is 4.65. The predicted molar refractivity (Wildman–Crippen MR) is 65.1 cm³/mol. The average molecular weight is 225 g/mol. The van der Waals surface area contributed by atoms with Gasteiger partial charge in [-0.05, 0) is 43.6 Å². The molecule has 0 bridgehead atoms. The largest absolute Gasteiger partial charge is 0.399 e. The van der Waals surface area contributed by atoms with Gasteiger partial charge in [0.1, 0.15) is 0 Å². The van der Waals surface area contributed by atoms with E-state index in [-0.39, 0.29) is 0 Å². The maximum absolute atomic E-state index is 9.04. The maximum atomic E-state index is 9.04. The molecule has 0 radical (unpaired) electrons. The molecule has 0 aromatic heterocycles. The molecule has 17 heavy (non-hydrogen) atoms. The highest BCUT2D eigenvalue weighted by atomic mass is 14.6. The molecule has 3 nitrogen and oxygen atoms in total. The molecule has 2 aliphatic rings. The van der Waals surface area contributed by atoms with Gasteiger partial charge in [-0.15, -0.1) is 0 Å². The first-order valence-corrected chi connectivity index (χ1v) is 5.90. The molecule has 0 fully saturated rings. The number of nitrogens with zero attached hydrogens (tertiary/aromatic N) is 2. The molecule has 2 aliphatic carbocycles. The number of hydrogen-bond acceptors (Lipinski definition) is 3. The summed E-state index contributed by atoms with van der Waals surface area (Å²) in [5.74, 6) is 0.938. The topological polar surface area (TPSA) is 73.6 Å². The fourth-order valence-corrected chi connectivity index (χ4v) is 2.57. The Morgan fingerprint density at radius 3 is 2.59 bits per heavy atom. The van der Waals surface area contributed by atoms with Crippen LogP contribution in [-0.2, 0) is 0 Å². The molecule has 3 heteroatoms. The van der Waals surface area contributed by atoms with E-state index in [1.165, 1.54) is 0 Å². The summed E-state index contributed by atoms with van der Waals surface area (Å²) < 4.78 is 0. The van der Waals surface area contributed by atoms with Crippen molar-refractivity contribution in [2.45, 2.75) is 25.7 Å². The molecule has 0 amide bonds. The van der Waals surface area contributed by atoms with Crippen LogP contribution in [-0.4, -0.2) is 0 Å². The van der Waals surface area contributed by atoms with Crippen molar-refractivity contribution >= 4 is 0 Å². The van der Waals surface area contributed by atoms with Crippen LogP contribution in [0.2, 0.25) is 0 Å². The standard InChI is InChI=1S/C14H15N3/c15-8-12-2-1-11(7-13(12)9-16)10-3-5-14(17)6-4-10/h3,5-6,10-11H,1-2,4,7,17H2. The van der Waals surface area contributed by atoms with Crippen molar-refractivity contribution in [3.05, 3.63) is 35.1 Å². The third-order valence-corrected chi connectivity index (χ3v) is 3.63. The Labute approximate surface area is 102 Å². The van der Waals surface area contributed by atoms with E-state index in [0.717, 1.165) is 31.4 Å². The summed E-state index contributed by atoms with van der Waals surface area (Å²) in [5.41, 5.74) is 7.88. The molecule has 0 saturated carbocycles. The van der Waals surface area contributed by atoms with Gasteiger partial charge >= 0.3 is 0 Å². The highest BCUT2D eigenvalue weighted by Crippen LogP contribution is 2.36. The summed E-state index contributed by atoms with van der Waals surface area (Å²) in [6.07, 6.45) is 9.57. The summed E-state index contributed by atoms with van der Waals surface area (Å²) in [6.45, 7) is 0. The average Bonchev–Trinajstić information content (AvgIpc) is 2.39. The predicted octanol–water partition coefficient (Wildman–Crippen LogP) is 2.55. The Bertz CT molecular complexity index is 483. The molecular formula is C14H15N3. The van der Waals surface area contributed by atoms with Crippen LogP contribution in [0.3, 0.4) is 0 Å². The summed E-state index contributed by atoms with van der Waals surface area (Å²) in [4.78, 5) is 0. The van der Waals surface area contributed by atoms with E-state index in [1.54, 1.807) is 0 Å². The smallest absolute Gasteiger partial charge is 0.0957 e. The van der Waals surface area contributed by atoms with Crippen molar-refractivity contribution in [2.75, 3.05) is 0 Å². The highest BCUT2D eigenvalue weighted by Gasteiger charge is 2.26. The Morgan fingerprint density at radius 2 is 2.00 bits per heavy atom. The Balaban J connectivity index is 2.09. The van der Waals surface area contributed by atoms with Gasteiger partial charge < -0.3 is 5.73 Å². The van der Waals surface area contributed by atoms with E-state index < -0.39 is 0 Å². The van der Waals surface area contributed by atoms with Crippen LogP contribution in [0.1, 0.15) is 25.7 Å². The van der Waals surface area contributed by atoms with Crippen LogP contribution >= 0.6 is 0 Å². The van der Waals surface area contributed by atoms with Crippen LogP contribution in [0.15, 0.2) is 35.1 Å². The zero-order valence-corrected chi connectivity index (χ0v) is 9.69. The minimum Gasteiger partial charge on any atom is -0.399 e. The molecule has 0 spiro atoms. The van der Waals surface area contributed by atoms with Gasteiger partial charge in [0.05, 0.1) is 12.1 Å². The first kappa shape index (κ1) is 11.5. The van der Waals surface area contributed by atoms with Crippen molar-refractivity contribution in [1.82, 2.24) is 0 Å². The van der Waals surface area contributed by atoms with Gasteiger partial charge in [-0.2, -0.15) is 10.5 Å². The van der Waals surface area contributed by atoms with E-state index in [1.807, 2.05) is 12.2 Å². The Kier molecular flexibility index (Phi) is 3.30. The molecule has 2 unspecified atom stereocenters. The lowest BCUT2D eigenvalue weighted by Gasteiger charge is -2.28. The first-order chi connectivity index (χ1) is 8.24. The second-order valence-electron chi connectivity index (χ2n) is 4.65. The van der Waals surface area contributed by atoms with Gasteiger partial charge in [0, 0.05) is 16.8 Å². The van der Waals surface area contributed by atoms with E-state index in [2.05, 4.69) is 18.2 Å². The monoisotopic (exact) mass is 225 g/mol. The van der Waals surface area contributed by atoms with Crippen LogP contribution in [0.4, 0.5) is 0 Å². The lowest BCUT2D eigenvalue weighted by Crippen LogP contribution is -2.19. The van der Waals surface area contributed by atoms with Crippen LogP contribution in [0, 0.1) is 34.5 Å². The molecule has 2 rings (SSSR count). The molecule has 0 aromatic carbocycles. The summed E-state index contributed by atoms with van der Waals surface area (Å²) >= 11 is 0. The molecule has 0 aromatic rings. The Hall–Kier alpha value is -2.00. The number of rotatable bonds is 1. The summed E-state index contributed by atoms with van der Waals surface area (Å²) in [5, 5.41) is 18.0. The van der Waals surface area contributed by atoms with Gasteiger partial charge in [-0.3, -0.25) is 0 Å². The molecule has 0 saturated heterocycles. The summed E-state index contributed by atoms with van der Waals surface area (Å²) in [7, 11) is 0. The van der Waals surface area contributed by atoms with Crippen molar-refractivity contribution < 1.29 is 0 Å². The number of nitriles is 2. The van der Waals surface area contributed by atoms with Crippen molar-refractivity contribution in [1.29, 1.82) is 10.5 Å². The van der Waals surface area contributed by atoms with E-state index >= 15 is 0 Å². The van der Waals surface area contributed by atoms with Gasteiger partial charge in [-0.1, -0.05) is 12.2 Å². The van der Waals surface area contributed by atoms with Gasteiger partial charge in [0.15, 0.2) is 0 Å². The lowest BCUT2D eigenvalue weighted by molar-refractivity contribution is 0.355. The van der Waals surface area contributed by atoms with Gasteiger partial charge in [0.2, 0.25) is 0 Å². The van der Waals surface area contributed by atoms with Crippen LogP contribution in [0.25, 0.3) is 0 Å². The number of allylic oxidation sites excluding steroid dienone is 5. The quantitative estimate of drug-likeness (QED) is 0.745. The normalized spacial score (nSPS) is 28.2. The Morgan fingerprint density at radius 1 is 1.24 bits per heavy atom. The van der Waals surface area contributed by atoms with E-state index in [0.29, 0.717) is 23.0 Å². The molecular weight excluding hydrogens is 210 g/mol. The minimum atomic E-state index is 0.464. The highest BCUT2D eigenvalue weighted by molar-refractivity contribution is 5.39. The van der Waals surface area contributed by atoms with Gasteiger partial charge in [0.25, 0.3) is 0 Å². The third-order valence-electron chi connectivity index (χ3n) is 3.63. The maximum Gasteiger partial charge on any atom is 0.0957 e. The zero-order valence-electron chi connectivity index (χ0n) is 9.69. The van der Waals surface area contributed by atoms with E-state index in [9.17, 15) is 0 Å². The fraction of sp³-hybridized carbons (Fsp3) is 0.429. The third kappa shape index (κ3) is 2.40.